The monoisotopic (exact) mass is 756 g/mol. The maximum absolute atomic E-state index is 6.44. The molecule has 0 spiro atoms. The summed E-state index contributed by atoms with van der Waals surface area (Å²) in [6.45, 7) is 0. The Hall–Kier alpha value is -7.40. The average Bonchev–Trinajstić information content (AvgIpc) is 4.04. The highest BCUT2D eigenvalue weighted by atomic mass is 32.1. The molecule has 4 heteroatoms. The Morgan fingerprint density at radius 2 is 0.931 bits per heavy atom. The van der Waals surface area contributed by atoms with Gasteiger partial charge >= 0.3 is 0 Å². The number of benzene rings is 9. The quantitative estimate of drug-likeness (QED) is 0.175. The van der Waals surface area contributed by atoms with Gasteiger partial charge in [-0.15, -0.1) is 11.3 Å². The van der Waals surface area contributed by atoms with Crippen molar-refractivity contribution in [2.45, 2.75) is 0 Å². The molecular weight excluding hydrogens is 725 g/mol. The minimum Gasteiger partial charge on any atom is -0.455 e. The van der Waals surface area contributed by atoms with E-state index in [1.807, 2.05) is 23.5 Å². The zero-order chi connectivity index (χ0) is 37.9. The fraction of sp³-hybridized carbons (Fsp3) is 0. The Morgan fingerprint density at radius 1 is 0.362 bits per heavy atom. The van der Waals surface area contributed by atoms with E-state index in [0.717, 1.165) is 44.4 Å². The highest BCUT2D eigenvalue weighted by Crippen LogP contribution is 2.44. The molecule has 0 saturated heterocycles. The van der Waals surface area contributed by atoms with Crippen molar-refractivity contribution >= 4 is 97.1 Å². The number of fused-ring (bicyclic) bond motifs is 13. The summed E-state index contributed by atoms with van der Waals surface area (Å²) in [7, 11) is 0. The van der Waals surface area contributed by atoms with Crippen molar-refractivity contribution in [1.82, 2.24) is 9.13 Å². The van der Waals surface area contributed by atoms with Crippen molar-refractivity contribution in [1.29, 1.82) is 0 Å². The summed E-state index contributed by atoms with van der Waals surface area (Å²) in [6.07, 6.45) is 0. The smallest absolute Gasteiger partial charge is 0.143 e. The number of thiophene rings is 1. The van der Waals surface area contributed by atoms with Gasteiger partial charge in [0.2, 0.25) is 0 Å². The van der Waals surface area contributed by atoms with E-state index in [0.29, 0.717) is 0 Å². The van der Waals surface area contributed by atoms with Gasteiger partial charge in [0.05, 0.1) is 26.8 Å². The lowest BCUT2D eigenvalue weighted by Gasteiger charge is -2.12. The zero-order valence-corrected chi connectivity index (χ0v) is 32.0. The van der Waals surface area contributed by atoms with Crippen LogP contribution in [0.4, 0.5) is 0 Å². The third-order valence-corrected chi connectivity index (χ3v) is 13.3. The topological polar surface area (TPSA) is 23.0 Å². The Balaban J connectivity index is 0.893. The van der Waals surface area contributed by atoms with Crippen LogP contribution in [0.15, 0.2) is 199 Å². The van der Waals surface area contributed by atoms with Gasteiger partial charge in [0.25, 0.3) is 0 Å². The van der Waals surface area contributed by atoms with Crippen LogP contribution in [0.1, 0.15) is 0 Å². The van der Waals surface area contributed by atoms with E-state index in [1.165, 1.54) is 74.9 Å². The van der Waals surface area contributed by atoms with E-state index in [2.05, 4.69) is 191 Å². The molecule has 13 aromatic rings. The molecule has 0 fully saturated rings. The Labute approximate surface area is 336 Å². The van der Waals surface area contributed by atoms with Crippen LogP contribution in [0.25, 0.3) is 119 Å². The molecule has 0 aliphatic carbocycles. The van der Waals surface area contributed by atoms with Crippen molar-refractivity contribution in [3.63, 3.8) is 0 Å². The number of nitrogens with zero attached hydrogens (tertiary/aromatic N) is 2. The first kappa shape index (κ1) is 31.8. The van der Waals surface area contributed by atoms with Crippen molar-refractivity contribution < 1.29 is 4.42 Å². The normalized spacial score (nSPS) is 12.1. The van der Waals surface area contributed by atoms with E-state index in [-0.39, 0.29) is 0 Å². The Morgan fingerprint density at radius 3 is 1.71 bits per heavy atom. The maximum atomic E-state index is 6.44. The summed E-state index contributed by atoms with van der Waals surface area (Å²) >= 11 is 1.89. The molecule has 0 radical (unpaired) electrons. The first-order chi connectivity index (χ1) is 28.8. The largest absolute Gasteiger partial charge is 0.455 e. The van der Waals surface area contributed by atoms with Crippen LogP contribution in [-0.4, -0.2) is 9.13 Å². The molecule has 0 saturated carbocycles. The summed E-state index contributed by atoms with van der Waals surface area (Å²) in [4.78, 5) is 0. The molecule has 0 amide bonds. The summed E-state index contributed by atoms with van der Waals surface area (Å²) in [5.74, 6) is 0. The fourth-order valence-corrected chi connectivity index (χ4v) is 10.7. The average molecular weight is 757 g/mol. The highest BCUT2D eigenvalue weighted by Gasteiger charge is 2.19. The number of furan rings is 1. The predicted octanol–water partition coefficient (Wildman–Crippen LogP) is 15.5. The van der Waals surface area contributed by atoms with E-state index >= 15 is 0 Å². The van der Waals surface area contributed by atoms with E-state index in [1.54, 1.807) is 0 Å². The number of hydrogen-bond donors (Lipinski definition) is 0. The highest BCUT2D eigenvalue weighted by molar-refractivity contribution is 7.26. The molecule has 0 N–H and O–H groups in total. The second-order valence-electron chi connectivity index (χ2n) is 15.2. The van der Waals surface area contributed by atoms with Crippen molar-refractivity contribution in [3.05, 3.63) is 194 Å². The SMILES string of the molecule is c1ccc2c(c1)oc1c(-c3ccc4c(c3)c3ccccc3n4-c3ccc(-c4ccc(-n5c6ccccc6c6ccc7c8ccccc8sc7c65)cc4)cc3)cccc12. The zero-order valence-electron chi connectivity index (χ0n) is 31.2. The molecule has 4 aromatic heterocycles. The second-order valence-corrected chi connectivity index (χ2v) is 16.3. The standard InChI is InChI=1S/C54H32N2OS/c1-6-17-48-39(10-1)43-29-30-45-42-13-4-8-19-51(42)58-54(45)52(43)56(48)37-27-22-34(23-28-37)33-20-25-36(26-21-33)55-47-16-5-2-11-40(47)46-32-35(24-31-49(46)55)38-14-9-15-44-41-12-3-7-18-50(41)57-53(38)44/h1-32H. The lowest BCUT2D eigenvalue weighted by atomic mass is 10.0. The first-order valence-corrected chi connectivity index (χ1v) is 20.6. The maximum Gasteiger partial charge on any atom is 0.143 e. The molecule has 13 rings (SSSR count). The van der Waals surface area contributed by atoms with Gasteiger partial charge in [0.15, 0.2) is 0 Å². The second kappa shape index (κ2) is 12.1. The Bertz CT molecular complexity index is 3780. The molecule has 270 valence electrons. The van der Waals surface area contributed by atoms with E-state index in [9.17, 15) is 0 Å². The molecule has 0 bridgehead atoms. The molecule has 0 unspecified atom stereocenters. The van der Waals surface area contributed by atoms with Gasteiger partial charge in [-0.05, 0) is 77.4 Å². The van der Waals surface area contributed by atoms with Crippen LogP contribution < -0.4 is 0 Å². The lowest BCUT2D eigenvalue weighted by molar-refractivity contribution is 0.670. The van der Waals surface area contributed by atoms with Crippen LogP contribution in [-0.2, 0) is 0 Å². The van der Waals surface area contributed by atoms with Crippen molar-refractivity contribution in [2.75, 3.05) is 0 Å². The number of para-hydroxylation sites is 4. The summed E-state index contributed by atoms with van der Waals surface area (Å²) in [5.41, 5.74) is 13.6. The first-order valence-electron chi connectivity index (χ1n) is 19.8. The van der Waals surface area contributed by atoms with Gasteiger partial charge in [-0.1, -0.05) is 133 Å². The van der Waals surface area contributed by atoms with Gasteiger partial charge in [0, 0.05) is 64.7 Å². The molecule has 9 aromatic carbocycles. The number of hydrogen-bond acceptors (Lipinski definition) is 2. The summed E-state index contributed by atoms with van der Waals surface area (Å²) in [6, 6.07) is 70.6. The number of aromatic nitrogens is 2. The van der Waals surface area contributed by atoms with Crippen LogP contribution >= 0.6 is 11.3 Å². The van der Waals surface area contributed by atoms with E-state index < -0.39 is 0 Å². The summed E-state index contributed by atoms with van der Waals surface area (Å²) < 4.78 is 13.9. The molecule has 0 aliphatic heterocycles. The van der Waals surface area contributed by atoms with E-state index in [4.69, 9.17) is 4.42 Å². The van der Waals surface area contributed by atoms with Gasteiger partial charge in [-0.25, -0.2) is 0 Å². The lowest BCUT2D eigenvalue weighted by Crippen LogP contribution is -1.95. The van der Waals surface area contributed by atoms with Crippen molar-refractivity contribution in [2.24, 2.45) is 0 Å². The molecular formula is C54H32N2OS. The molecule has 58 heavy (non-hydrogen) atoms. The molecule has 3 nitrogen and oxygen atoms in total. The fourth-order valence-electron chi connectivity index (χ4n) is 9.50. The van der Waals surface area contributed by atoms with Crippen molar-refractivity contribution in [3.8, 4) is 33.6 Å². The van der Waals surface area contributed by atoms with Gasteiger partial charge < -0.3 is 13.6 Å². The van der Waals surface area contributed by atoms with Crippen LogP contribution in [0.2, 0.25) is 0 Å². The minimum absolute atomic E-state index is 0.916. The van der Waals surface area contributed by atoms with Gasteiger partial charge in [0.1, 0.15) is 11.2 Å². The predicted molar refractivity (Wildman–Crippen MR) is 246 cm³/mol. The summed E-state index contributed by atoms with van der Waals surface area (Å²) in [5, 5.41) is 9.95. The molecule has 0 atom stereocenters. The van der Waals surface area contributed by atoms with Gasteiger partial charge in [-0.3, -0.25) is 0 Å². The molecule has 4 heterocycles. The molecule has 0 aliphatic rings. The van der Waals surface area contributed by atoms with Crippen LogP contribution in [0, 0.1) is 0 Å². The van der Waals surface area contributed by atoms with Crippen LogP contribution in [0.5, 0.6) is 0 Å². The van der Waals surface area contributed by atoms with Gasteiger partial charge in [-0.2, -0.15) is 0 Å². The Kier molecular flexibility index (Phi) is 6.60. The minimum atomic E-state index is 0.916. The third-order valence-electron chi connectivity index (χ3n) is 12.2. The third kappa shape index (κ3) is 4.49. The van der Waals surface area contributed by atoms with Crippen LogP contribution in [0.3, 0.4) is 0 Å². The number of rotatable bonds is 4.